The number of aromatic nitrogens is 1. The predicted octanol–water partition coefficient (Wildman–Crippen LogP) is 5.03. The number of benzene rings is 2. The minimum Gasteiger partial charge on any atom is -0.344 e. The first-order valence-electron chi connectivity index (χ1n) is 10.2. The summed E-state index contributed by atoms with van der Waals surface area (Å²) in [6, 6.07) is 13.7. The Bertz CT molecular complexity index is 1110. The lowest BCUT2D eigenvalue weighted by atomic mass is 10.0. The molecule has 0 saturated heterocycles. The van der Waals surface area contributed by atoms with Gasteiger partial charge in [0.15, 0.2) is 5.43 Å². The van der Waals surface area contributed by atoms with Gasteiger partial charge in [0.2, 0.25) is 0 Å². The van der Waals surface area contributed by atoms with Gasteiger partial charge in [-0.1, -0.05) is 44.2 Å². The monoisotopic (exact) mass is 406 g/mol. The summed E-state index contributed by atoms with van der Waals surface area (Å²) in [7, 11) is 0. The Balaban J connectivity index is 2.01. The van der Waals surface area contributed by atoms with Gasteiger partial charge in [0.1, 0.15) is 11.4 Å². The molecule has 4 nitrogen and oxygen atoms in total. The molecule has 0 fully saturated rings. The predicted molar refractivity (Wildman–Crippen MR) is 119 cm³/mol. The number of amides is 1. The number of rotatable bonds is 6. The van der Waals surface area contributed by atoms with Gasteiger partial charge >= 0.3 is 0 Å². The number of carbonyl (C=O) groups excluding carboxylic acids is 1. The van der Waals surface area contributed by atoms with Crippen LogP contribution in [0.15, 0.2) is 53.3 Å². The Morgan fingerprint density at radius 3 is 2.17 bits per heavy atom. The number of nitrogens with zero attached hydrogens (tertiary/aromatic N) is 1. The average molecular weight is 407 g/mol. The molecule has 0 aliphatic heterocycles. The van der Waals surface area contributed by atoms with E-state index in [1.54, 1.807) is 19.1 Å². The third kappa shape index (κ3) is 4.35. The van der Waals surface area contributed by atoms with E-state index in [-0.39, 0.29) is 16.8 Å². The number of halogens is 1. The third-order valence-electron chi connectivity index (χ3n) is 5.50. The molecule has 3 aromatic rings. The van der Waals surface area contributed by atoms with Gasteiger partial charge in [-0.25, -0.2) is 4.39 Å². The van der Waals surface area contributed by atoms with Crippen LogP contribution in [-0.2, 0) is 19.4 Å². The van der Waals surface area contributed by atoms with Crippen molar-refractivity contribution in [2.75, 3.05) is 5.32 Å². The van der Waals surface area contributed by atoms with Crippen molar-refractivity contribution in [2.45, 2.75) is 47.1 Å². The number of aryl methyl sites for hydroxylation is 3. The van der Waals surface area contributed by atoms with E-state index in [4.69, 9.17) is 0 Å². The van der Waals surface area contributed by atoms with Crippen molar-refractivity contribution in [1.82, 2.24) is 4.57 Å². The second-order valence-corrected chi connectivity index (χ2v) is 7.44. The number of carbonyl (C=O) groups is 1. The molecule has 1 aromatic heterocycles. The molecule has 3 rings (SSSR count). The molecule has 0 atom stereocenters. The molecule has 0 unspecified atom stereocenters. The van der Waals surface area contributed by atoms with Gasteiger partial charge in [-0.15, -0.1) is 0 Å². The lowest BCUT2D eigenvalue weighted by molar-refractivity contribution is 0.102. The number of hydrogen-bond donors (Lipinski definition) is 1. The van der Waals surface area contributed by atoms with E-state index in [0.29, 0.717) is 12.2 Å². The maximum atomic E-state index is 13.2. The molecule has 0 radical (unpaired) electrons. The Labute approximate surface area is 176 Å². The molecule has 0 saturated carbocycles. The average Bonchev–Trinajstić information content (AvgIpc) is 2.72. The van der Waals surface area contributed by atoms with E-state index in [1.165, 1.54) is 18.2 Å². The first-order valence-corrected chi connectivity index (χ1v) is 10.2. The SMILES string of the molecule is CCc1cccc(CC)c1NC(=O)c1c(C)n(Cc2ccc(F)cc2)c(C)cc1=O. The molecule has 0 aliphatic rings. The van der Waals surface area contributed by atoms with Gasteiger partial charge < -0.3 is 9.88 Å². The topological polar surface area (TPSA) is 51.1 Å². The molecule has 0 spiro atoms. The Morgan fingerprint density at radius 1 is 1.00 bits per heavy atom. The van der Waals surface area contributed by atoms with Gasteiger partial charge in [0, 0.05) is 29.7 Å². The van der Waals surface area contributed by atoms with Gasteiger partial charge in [-0.2, -0.15) is 0 Å². The summed E-state index contributed by atoms with van der Waals surface area (Å²) in [5.74, 6) is -0.700. The second kappa shape index (κ2) is 9.08. The number of nitrogens with one attached hydrogen (secondary N) is 1. The van der Waals surface area contributed by atoms with Crippen LogP contribution in [0.25, 0.3) is 0 Å². The summed E-state index contributed by atoms with van der Waals surface area (Å²) in [6.07, 6.45) is 1.57. The molecule has 2 aromatic carbocycles. The third-order valence-corrected chi connectivity index (χ3v) is 5.50. The van der Waals surface area contributed by atoms with Crippen molar-refractivity contribution >= 4 is 11.6 Å². The standard InChI is InChI=1S/C25H27FN2O2/c1-5-19-8-7-9-20(6-2)24(19)27-25(30)23-17(4)28(16(3)14-22(23)29)15-18-10-12-21(26)13-11-18/h7-14H,5-6,15H2,1-4H3,(H,27,30). The molecule has 156 valence electrons. The van der Waals surface area contributed by atoms with E-state index in [9.17, 15) is 14.0 Å². The minimum absolute atomic E-state index is 0.135. The molecule has 1 N–H and O–H groups in total. The minimum atomic E-state index is -0.402. The fourth-order valence-corrected chi connectivity index (χ4v) is 3.79. The van der Waals surface area contributed by atoms with Crippen LogP contribution in [0.2, 0.25) is 0 Å². The summed E-state index contributed by atoms with van der Waals surface area (Å²) < 4.78 is 15.1. The van der Waals surface area contributed by atoms with Crippen LogP contribution in [0, 0.1) is 19.7 Å². The Kier molecular flexibility index (Phi) is 6.50. The van der Waals surface area contributed by atoms with Crippen LogP contribution in [0.4, 0.5) is 10.1 Å². The van der Waals surface area contributed by atoms with Crippen LogP contribution in [0.5, 0.6) is 0 Å². The maximum absolute atomic E-state index is 13.2. The van der Waals surface area contributed by atoms with Crippen molar-refractivity contribution in [3.63, 3.8) is 0 Å². The summed E-state index contributed by atoms with van der Waals surface area (Å²) in [5.41, 5.74) is 4.94. The first-order chi connectivity index (χ1) is 14.3. The second-order valence-electron chi connectivity index (χ2n) is 7.44. The van der Waals surface area contributed by atoms with Gasteiger partial charge in [0.05, 0.1) is 0 Å². The summed E-state index contributed by atoms with van der Waals surface area (Å²) in [4.78, 5) is 25.9. The molecular weight excluding hydrogens is 379 g/mol. The summed E-state index contributed by atoms with van der Waals surface area (Å²) >= 11 is 0. The lowest BCUT2D eigenvalue weighted by Crippen LogP contribution is -2.27. The van der Waals surface area contributed by atoms with Crippen molar-refractivity contribution in [2.24, 2.45) is 0 Å². The largest absolute Gasteiger partial charge is 0.344 e. The van der Waals surface area contributed by atoms with Crippen LogP contribution in [0.3, 0.4) is 0 Å². The number of hydrogen-bond acceptors (Lipinski definition) is 2. The first kappa shape index (κ1) is 21.5. The zero-order valence-electron chi connectivity index (χ0n) is 17.9. The molecule has 30 heavy (non-hydrogen) atoms. The van der Waals surface area contributed by atoms with Crippen LogP contribution in [-0.4, -0.2) is 10.5 Å². The molecule has 5 heteroatoms. The van der Waals surface area contributed by atoms with Crippen LogP contribution >= 0.6 is 0 Å². The normalized spacial score (nSPS) is 10.8. The zero-order valence-corrected chi connectivity index (χ0v) is 17.9. The summed E-state index contributed by atoms with van der Waals surface area (Å²) in [6.45, 7) is 8.14. The van der Waals surface area contributed by atoms with Gasteiger partial charge in [-0.3, -0.25) is 9.59 Å². The summed E-state index contributed by atoms with van der Waals surface area (Å²) in [5, 5.41) is 3.00. The van der Waals surface area contributed by atoms with E-state index in [0.717, 1.165) is 40.9 Å². The maximum Gasteiger partial charge on any atom is 0.261 e. The molecule has 1 amide bonds. The quantitative estimate of drug-likeness (QED) is 0.624. The molecular formula is C25H27FN2O2. The van der Waals surface area contributed by atoms with E-state index in [2.05, 4.69) is 5.32 Å². The molecule has 0 aliphatic carbocycles. The lowest BCUT2D eigenvalue weighted by Gasteiger charge is -2.19. The number of para-hydroxylation sites is 1. The zero-order chi connectivity index (χ0) is 21.8. The van der Waals surface area contributed by atoms with Crippen molar-refractivity contribution in [3.8, 4) is 0 Å². The van der Waals surface area contributed by atoms with Crippen molar-refractivity contribution in [3.05, 3.63) is 98.2 Å². The number of pyridine rings is 1. The highest BCUT2D eigenvalue weighted by molar-refractivity contribution is 6.05. The van der Waals surface area contributed by atoms with E-state index < -0.39 is 5.91 Å². The molecule has 0 bridgehead atoms. The highest BCUT2D eigenvalue weighted by Crippen LogP contribution is 2.23. The van der Waals surface area contributed by atoms with Crippen molar-refractivity contribution < 1.29 is 9.18 Å². The van der Waals surface area contributed by atoms with Crippen LogP contribution in [0.1, 0.15) is 52.3 Å². The van der Waals surface area contributed by atoms with Crippen LogP contribution < -0.4 is 10.7 Å². The molecule has 1 heterocycles. The van der Waals surface area contributed by atoms with E-state index in [1.807, 2.05) is 43.5 Å². The van der Waals surface area contributed by atoms with Crippen molar-refractivity contribution in [1.29, 1.82) is 0 Å². The number of anilines is 1. The van der Waals surface area contributed by atoms with Gasteiger partial charge in [-0.05, 0) is 55.5 Å². The highest BCUT2D eigenvalue weighted by Gasteiger charge is 2.19. The fraction of sp³-hybridized carbons (Fsp3) is 0.280. The van der Waals surface area contributed by atoms with E-state index >= 15 is 0 Å². The smallest absolute Gasteiger partial charge is 0.261 e. The Morgan fingerprint density at radius 2 is 1.60 bits per heavy atom. The highest BCUT2D eigenvalue weighted by atomic mass is 19.1. The fourth-order valence-electron chi connectivity index (χ4n) is 3.79. The van der Waals surface area contributed by atoms with Gasteiger partial charge in [0.25, 0.3) is 5.91 Å². The Hall–Kier alpha value is -3.21.